The second-order valence-electron chi connectivity index (χ2n) is 11.6. The number of ether oxygens (including phenoxy) is 7. The van der Waals surface area contributed by atoms with Gasteiger partial charge in [0.05, 0.1) is 19.8 Å². The maximum atomic E-state index is 14.7. The minimum atomic E-state index is -1.93. The molecule has 0 radical (unpaired) electrons. The van der Waals surface area contributed by atoms with Crippen LogP contribution in [0.2, 0.25) is 0 Å². The predicted molar refractivity (Wildman–Crippen MR) is 158 cm³/mol. The van der Waals surface area contributed by atoms with Crippen LogP contribution in [-0.4, -0.2) is 62.2 Å². The molecule has 0 aromatic heterocycles. The molecule has 0 saturated heterocycles. The molecule has 11 heteroatoms. The number of carbonyl (C=O) groups is 3. The average molecular weight is 619 g/mol. The van der Waals surface area contributed by atoms with Crippen molar-refractivity contribution in [2.24, 2.45) is 5.92 Å². The quantitative estimate of drug-likeness (QED) is 0.368. The van der Waals surface area contributed by atoms with E-state index < -0.39 is 46.9 Å². The van der Waals surface area contributed by atoms with Crippen LogP contribution in [0.3, 0.4) is 0 Å². The largest absolute Gasteiger partial charge is 0.493 e. The maximum absolute atomic E-state index is 14.7. The van der Waals surface area contributed by atoms with Gasteiger partial charge in [0, 0.05) is 22.6 Å². The molecule has 1 spiro atoms. The number of benzene rings is 2. The molecular weight excluding hydrogens is 584 g/mol. The number of hydrogen-bond acceptors (Lipinski definition) is 11. The molecule has 0 amide bonds. The van der Waals surface area contributed by atoms with Crippen molar-refractivity contribution in [3.05, 3.63) is 87.9 Å². The van der Waals surface area contributed by atoms with Crippen LogP contribution in [0.4, 0.5) is 0 Å². The standard InChI is InChI=1S/C34H34O11/c1-7-17(2)31(36)45-30-21-14-22(39-5)27(40-6)29(35)34(21)15-41-28-24(34)20(13-23-26(28)43-16-42-23)25(18(3)33(30,4)38)44-32(37)19-11-9-8-10-12-19/h7-14,18,25,30,38H,15-16H2,1-6H3/b17-7-/t18-,25-,30+,33-,34+/m0/s1. The molecular formula is C34H34O11. The van der Waals surface area contributed by atoms with E-state index in [-0.39, 0.29) is 53.1 Å². The fraction of sp³-hybridized carbons (Fsp3) is 0.382. The van der Waals surface area contributed by atoms with Gasteiger partial charge in [-0.3, -0.25) is 4.79 Å². The van der Waals surface area contributed by atoms with Gasteiger partial charge in [0.25, 0.3) is 0 Å². The molecule has 2 aliphatic carbocycles. The highest BCUT2D eigenvalue weighted by Gasteiger charge is 2.64. The molecule has 2 aliphatic heterocycles. The van der Waals surface area contributed by atoms with Gasteiger partial charge in [0.1, 0.15) is 23.7 Å². The van der Waals surface area contributed by atoms with Gasteiger partial charge in [0.15, 0.2) is 23.4 Å². The molecule has 236 valence electrons. The molecule has 45 heavy (non-hydrogen) atoms. The minimum absolute atomic E-state index is 0.0822. The number of methoxy groups -OCH3 is 2. The fourth-order valence-corrected chi connectivity index (χ4v) is 6.46. The van der Waals surface area contributed by atoms with Crippen molar-refractivity contribution < 1.29 is 52.6 Å². The van der Waals surface area contributed by atoms with Crippen molar-refractivity contribution >= 4 is 17.7 Å². The first kappa shape index (κ1) is 30.3. The van der Waals surface area contributed by atoms with Crippen LogP contribution in [-0.2, 0) is 34.0 Å². The summed E-state index contributed by atoms with van der Waals surface area (Å²) in [5.41, 5.74) is -2.13. The zero-order valence-corrected chi connectivity index (χ0v) is 25.8. The number of carbonyl (C=O) groups excluding carboxylic acids is 3. The fourth-order valence-electron chi connectivity index (χ4n) is 6.46. The third-order valence-electron chi connectivity index (χ3n) is 9.25. The van der Waals surface area contributed by atoms with Crippen LogP contribution in [0.5, 0.6) is 17.2 Å². The summed E-state index contributed by atoms with van der Waals surface area (Å²) in [6, 6.07) is 10.1. The predicted octanol–water partition coefficient (Wildman–Crippen LogP) is 4.24. The van der Waals surface area contributed by atoms with E-state index in [0.717, 1.165) is 0 Å². The molecule has 2 heterocycles. The summed E-state index contributed by atoms with van der Waals surface area (Å²) in [5.74, 6) is -2.03. The first-order valence-electron chi connectivity index (χ1n) is 14.5. The van der Waals surface area contributed by atoms with Crippen LogP contribution < -0.4 is 14.2 Å². The molecule has 0 unspecified atom stereocenters. The Morgan fingerprint density at radius 2 is 1.78 bits per heavy atom. The highest BCUT2D eigenvalue weighted by molar-refractivity contribution is 6.09. The molecule has 5 atom stereocenters. The van der Waals surface area contributed by atoms with Crippen LogP contribution >= 0.6 is 0 Å². The van der Waals surface area contributed by atoms with E-state index in [4.69, 9.17) is 33.2 Å². The number of esters is 2. The Morgan fingerprint density at radius 1 is 1.04 bits per heavy atom. The van der Waals surface area contributed by atoms with Gasteiger partial charge in [-0.15, -0.1) is 0 Å². The molecule has 0 bridgehead atoms. The van der Waals surface area contributed by atoms with E-state index in [1.54, 1.807) is 69.3 Å². The van der Waals surface area contributed by atoms with Gasteiger partial charge in [0.2, 0.25) is 24.1 Å². The van der Waals surface area contributed by atoms with Gasteiger partial charge in [-0.05, 0) is 50.6 Å². The number of aliphatic hydroxyl groups is 1. The van der Waals surface area contributed by atoms with E-state index in [1.807, 2.05) is 0 Å². The van der Waals surface area contributed by atoms with Gasteiger partial charge in [-0.25, -0.2) is 9.59 Å². The van der Waals surface area contributed by atoms with Crippen LogP contribution in [0.1, 0.15) is 55.3 Å². The highest BCUT2D eigenvalue weighted by atomic mass is 16.7. The summed E-state index contributed by atoms with van der Waals surface area (Å²) < 4.78 is 41.2. The second-order valence-corrected chi connectivity index (χ2v) is 11.6. The molecule has 6 rings (SSSR count). The third-order valence-corrected chi connectivity index (χ3v) is 9.25. The summed E-state index contributed by atoms with van der Waals surface area (Å²) in [5, 5.41) is 12.5. The Hall–Kier alpha value is -4.77. The van der Waals surface area contributed by atoms with Crippen molar-refractivity contribution in [3.63, 3.8) is 0 Å². The summed E-state index contributed by atoms with van der Waals surface area (Å²) in [7, 11) is 2.73. The average Bonchev–Trinajstić information content (AvgIpc) is 3.68. The Morgan fingerprint density at radius 3 is 2.44 bits per heavy atom. The SMILES string of the molecule is C/C=C(/C)C(=O)O[C@@H]1C2=CC(OC)=C(OC)C(=O)[C@]23COc2c4c(cc(c23)[C@@H](OC(=O)c2ccccc2)[C@H](C)[C@]1(C)O)OCO4. The first-order chi connectivity index (χ1) is 21.5. The van der Waals surface area contributed by atoms with E-state index in [9.17, 15) is 19.5 Å². The molecule has 11 nitrogen and oxygen atoms in total. The van der Waals surface area contributed by atoms with Crippen LogP contribution in [0, 0.1) is 5.92 Å². The van der Waals surface area contributed by atoms with Crippen LogP contribution in [0.15, 0.2) is 71.2 Å². The van der Waals surface area contributed by atoms with Gasteiger partial charge >= 0.3 is 11.9 Å². The van der Waals surface area contributed by atoms with E-state index in [0.29, 0.717) is 16.9 Å². The lowest BCUT2D eigenvalue weighted by atomic mass is 9.59. The summed E-state index contributed by atoms with van der Waals surface area (Å²) in [4.78, 5) is 41.7. The Labute approximate surface area is 259 Å². The van der Waals surface area contributed by atoms with Gasteiger partial charge in [-0.2, -0.15) is 0 Å². The molecule has 0 saturated carbocycles. The monoisotopic (exact) mass is 618 g/mol. The van der Waals surface area contributed by atoms with Crippen molar-refractivity contribution in [1.29, 1.82) is 0 Å². The second kappa shape index (κ2) is 11.0. The normalized spacial score (nSPS) is 28.2. The summed E-state index contributed by atoms with van der Waals surface area (Å²) >= 11 is 0. The lowest BCUT2D eigenvalue weighted by molar-refractivity contribution is -0.169. The van der Waals surface area contributed by atoms with Crippen molar-refractivity contribution in [3.8, 4) is 17.2 Å². The van der Waals surface area contributed by atoms with Crippen molar-refractivity contribution in [1.82, 2.24) is 0 Å². The summed E-state index contributed by atoms with van der Waals surface area (Å²) in [6.07, 6.45) is 0.522. The van der Waals surface area contributed by atoms with Gasteiger partial charge < -0.3 is 38.3 Å². The number of rotatable bonds is 6. The van der Waals surface area contributed by atoms with Crippen molar-refractivity contribution in [2.75, 3.05) is 27.6 Å². The lowest BCUT2D eigenvalue weighted by Gasteiger charge is -2.48. The Bertz CT molecular complexity index is 1680. The van der Waals surface area contributed by atoms with E-state index >= 15 is 0 Å². The smallest absolute Gasteiger partial charge is 0.338 e. The zero-order chi connectivity index (χ0) is 32.3. The molecule has 0 fully saturated rings. The number of hydrogen-bond donors (Lipinski definition) is 1. The van der Waals surface area contributed by atoms with E-state index in [1.165, 1.54) is 21.1 Å². The molecule has 4 aliphatic rings. The third kappa shape index (κ3) is 4.40. The summed E-state index contributed by atoms with van der Waals surface area (Å²) in [6.45, 7) is 6.08. The number of ketones is 1. The number of allylic oxidation sites excluding steroid dienone is 3. The Balaban J connectivity index is 1.67. The maximum Gasteiger partial charge on any atom is 0.338 e. The zero-order valence-electron chi connectivity index (χ0n) is 25.8. The first-order valence-corrected chi connectivity index (χ1v) is 14.5. The Kier molecular flexibility index (Phi) is 7.39. The molecule has 2 aromatic carbocycles. The van der Waals surface area contributed by atoms with E-state index in [2.05, 4.69) is 0 Å². The molecule has 1 N–H and O–H groups in total. The van der Waals surface area contributed by atoms with Crippen molar-refractivity contribution in [2.45, 2.75) is 50.9 Å². The van der Waals surface area contributed by atoms with Crippen LogP contribution in [0.25, 0.3) is 0 Å². The lowest BCUT2D eigenvalue weighted by Crippen LogP contribution is -2.59. The highest BCUT2D eigenvalue weighted by Crippen LogP contribution is 2.62. The number of Topliss-reactive ketones (excluding diaryl/α,β-unsaturated/α-hetero) is 1. The molecule has 2 aromatic rings. The van der Waals surface area contributed by atoms with Gasteiger partial charge in [-0.1, -0.05) is 31.2 Å². The topological polar surface area (TPSA) is 136 Å². The number of fused-ring (bicyclic) bond motifs is 2. The minimum Gasteiger partial charge on any atom is -0.493 e.